The van der Waals surface area contributed by atoms with Crippen molar-refractivity contribution in [3.8, 4) is 0 Å². The van der Waals surface area contributed by atoms with Gasteiger partial charge in [-0.05, 0) is 52.7 Å². The molecule has 0 aliphatic carbocycles. The van der Waals surface area contributed by atoms with Gasteiger partial charge in [0.05, 0.1) is 0 Å². The largest absolute Gasteiger partial charge is 0.480 e. The molecule has 37 heavy (non-hydrogen) atoms. The minimum absolute atomic E-state index is 0.0346. The van der Waals surface area contributed by atoms with Gasteiger partial charge in [0.15, 0.2) is 0 Å². The molecule has 3 amide bonds. The quantitative estimate of drug-likeness (QED) is 0.276. The highest BCUT2D eigenvalue weighted by molar-refractivity contribution is 6.14. The molecule has 8 heteroatoms. The topological polar surface area (TPSA) is 125 Å². The molecule has 184 valence electrons. The van der Waals surface area contributed by atoms with Crippen LogP contribution in [0.15, 0.2) is 103 Å². The monoisotopic (exact) mass is 493 g/mol. The predicted molar refractivity (Wildman–Crippen MR) is 141 cm³/mol. The highest BCUT2D eigenvalue weighted by atomic mass is 16.4. The van der Waals surface area contributed by atoms with E-state index >= 15 is 0 Å². The molecule has 0 saturated heterocycles. The molecule has 0 unspecified atom stereocenters. The normalized spacial score (nSPS) is 11.0. The maximum Gasteiger partial charge on any atom is 0.322 e. The molecular weight excluding hydrogens is 470 g/mol. The van der Waals surface area contributed by atoms with Crippen molar-refractivity contribution < 1.29 is 24.3 Å². The Labute approximate surface area is 212 Å². The van der Waals surface area contributed by atoms with Gasteiger partial charge in [-0.1, -0.05) is 66.7 Å². The number of carboxylic acids is 1. The van der Waals surface area contributed by atoms with Gasteiger partial charge < -0.3 is 21.1 Å². The van der Waals surface area contributed by atoms with Crippen LogP contribution in [-0.4, -0.2) is 35.3 Å². The Hall–Kier alpha value is -5.24. The first-order valence-electron chi connectivity index (χ1n) is 11.4. The predicted octanol–water partition coefficient (Wildman–Crippen LogP) is 4.06. The van der Waals surface area contributed by atoms with E-state index in [-0.39, 0.29) is 11.3 Å². The Balaban J connectivity index is 1.56. The maximum absolute atomic E-state index is 13.2. The van der Waals surface area contributed by atoms with Crippen molar-refractivity contribution in [2.75, 3.05) is 11.9 Å². The van der Waals surface area contributed by atoms with E-state index in [1.54, 1.807) is 18.2 Å². The van der Waals surface area contributed by atoms with Crippen molar-refractivity contribution in [3.63, 3.8) is 0 Å². The molecule has 4 aromatic rings. The number of anilines is 1. The summed E-state index contributed by atoms with van der Waals surface area (Å²) in [5.41, 5.74) is 1.81. The lowest BCUT2D eigenvalue weighted by Crippen LogP contribution is -2.31. The summed E-state index contributed by atoms with van der Waals surface area (Å²) >= 11 is 0. The van der Waals surface area contributed by atoms with E-state index in [2.05, 4.69) is 16.0 Å². The van der Waals surface area contributed by atoms with Crippen molar-refractivity contribution >= 4 is 46.2 Å². The van der Waals surface area contributed by atoms with Crippen LogP contribution in [0.1, 0.15) is 26.3 Å². The maximum atomic E-state index is 13.2. The number of carbonyl (C=O) groups excluding carboxylic acids is 3. The fourth-order valence-electron chi connectivity index (χ4n) is 3.65. The fraction of sp³-hybridized carbons (Fsp3) is 0.0345. The Bertz CT molecular complexity index is 1490. The second kappa shape index (κ2) is 11.5. The van der Waals surface area contributed by atoms with Gasteiger partial charge in [0.25, 0.3) is 17.7 Å². The number of aliphatic carboxylic acids is 1. The molecule has 0 spiro atoms. The Kier molecular flexibility index (Phi) is 7.70. The first-order chi connectivity index (χ1) is 17.9. The Morgan fingerprint density at radius 1 is 0.730 bits per heavy atom. The van der Waals surface area contributed by atoms with Gasteiger partial charge in [-0.2, -0.15) is 0 Å². The lowest BCUT2D eigenvalue weighted by Gasteiger charge is -2.13. The zero-order valence-electron chi connectivity index (χ0n) is 19.6. The van der Waals surface area contributed by atoms with Crippen molar-refractivity contribution in [3.05, 3.63) is 119 Å². The molecule has 0 heterocycles. The minimum atomic E-state index is -1.15. The molecule has 0 aliphatic rings. The third kappa shape index (κ3) is 6.46. The molecule has 4 N–H and O–H groups in total. The summed E-state index contributed by atoms with van der Waals surface area (Å²) in [7, 11) is 0. The van der Waals surface area contributed by atoms with Crippen LogP contribution in [0.3, 0.4) is 0 Å². The summed E-state index contributed by atoms with van der Waals surface area (Å²) in [5, 5.41) is 18.1. The van der Waals surface area contributed by atoms with Gasteiger partial charge in [-0.3, -0.25) is 19.2 Å². The van der Waals surface area contributed by atoms with Crippen LogP contribution in [0.4, 0.5) is 5.69 Å². The third-order valence-electron chi connectivity index (χ3n) is 5.44. The third-order valence-corrected chi connectivity index (χ3v) is 5.44. The second-order valence-electron chi connectivity index (χ2n) is 8.06. The van der Waals surface area contributed by atoms with Crippen molar-refractivity contribution in [1.82, 2.24) is 10.6 Å². The highest BCUT2D eigenvalue weighted by Crippen LogP contribution is 2.19. The van der Waals surface area contributed by atoms with E-state index in [0.717, 1.165) is 16.3 Å². The molecule has 0 aromatic heterocycles. The fourth-order valence-corrected chi connectivity index (χ4v) is 3.65. The van der Waals surface area contributed by atoms with Crippen LogP contribution in [0.5, 0.6) is 0 Å². The van der Waals surface area contributed by atoms with E-state index in [1.165, 1.54) is 24.3 Å². The number of hydrogen-bond acceptors (Lipinski definition) is 4. The van der Waals surface area contributed by atoms with Crippen molar-refractivity contribution in [2.45, 2.75) is 0 Å². The number of carbonyl (C=O) groups is 4. The van der Waals surface area contributed by atoms with Crippen LogP contribution in [-0.2, 0) is 9.59 Å². The molecule has 0 radical (unpaired) electrons. The first kappa shape index (κ1) is 24.9. The lowest BCUT2D eigenvalue weighted by molar-refractivity contribution is -0.135. The van der Waals surface area contributed by atoms with Gasteiger partial charge >= 0.3 is 5.97 Å². The summed E-state index contributed by atoms with van der Waals surface area (Å²) in [5.74, 6) is -2.69. The van der Waals surface area contributed by atoms with Gasteiger partial charge in [0.1, 0.15) is 12.2 Å². The number of benzene rings is 4. The number of rotatable bonds is 8. The smallest absolute Gasteiger partial charge is 0.322 e. The van der Waals surface area contributed by atoms with Crippen LogP contribution >= 0.6 is 0 Å². The van der Waals surface area contributed by atoms with Crippen molar-refractivity contribution in [1.29, 1.82) is 0 Å². The highest BCUT2D eigenvalue weighted by Gasteiger charge is 2.17. The summed E-state index contributed by atoms with van der Waals surface area (Å²) < 4.78 is 0. The Morgan fingerprint density at radius 2 is 1.41 bits per heavy atom. The first-order valence-corrected chi connectivity index (χ1v) is 11.4. The molecule has 0 aliphatic heterocycles. The molecule has 0 bridgehead atoms. The second-order valence-corrected chi connectivity index (χ2v) is 8.06. The summed E-state index contributed by atoms with van der Waals surface area (Å²) in [4.78, 5) is 49.1. The molecule has 0 fully saturated rings. The zero-order valence-corrected chi connectivity index (χ0v) is 19.6. The summed E-state index contributed by atoms with van der Waals surface area (Å²) in [6, 6.07) is 27.9. The van der Waals surface area contributed by atoms with Crippen LogP contribution in [0.2, 0.25) is 0 Å². The summed E-state index contributed by atoms with van der Waals surface area (Å²) in [6.45, 7) is -0.499. The molecular formula is C29H23N3O5. The molecule has 0 saturated carbocycles. The van der Waals surface area contributed by atoms with Crippen molar-refractivity contribution in [2.24, 2.45) is 0 Å². The van der Waals surface area contributed by atoms with Crippen LogP contribution < -0.4 is 16.0 Å². The average Bonchev–Trinajstić information content (AvgIpc) is 2.92. The number of hydrogen-bond donors (Lipinski definition) is 4. The van der Waals surface area contributed by atoms with Gasteiger partial charge in [0, 0.05) is 16.8 Å². The molecule has 4 aromatic carbocycles. The Morgan fingerprint density at radius 3 is 2.14 bits per heavy atom. The molecule has 0 atom stereocenters. The number of fused-ring (bicyclic) bond motifs is 1. The number of amides is 3. The standard InChI is InChI=1S/C29H23N3O5/c33-26(34)18-30-27(35)21-13-15-22(16-14-21)31-29(37)25(17-19-7-2-1-3-8-19)32-28(36)24-12-6-10-20-9-4-5-11-23(20)24/h1-17H,18H2,(H,30,35)(H,31,37)(H,32,36)(H,33,34)/b25-17+. The van der Waals surface area contributed by atoms with Gasteiger partial charge in [0.2, 0.25) is 0 Å². The zero-order chi connectivity index (χ0) is 26.2. The van der Waals surface area contributed by atoms with Crippen LogP contribution in [0, 0.1) is 0 Å². The van der Waals surface area contributed by atoms with Gasteiger partial charge in [-0.25, -0.2) is 0 Å². The van der Waals surface area contributed by atoms with E-state index < -0.39 is 30.2 Å². The van der Waals surface area contributed by atoms with E-state index in [4.69, 9.17) is 5.11 Å². The number of nitrogens with one attached hydrogen (secondary N) is 3. The number of carboxylic acid groups (broad SMARTS) is 1. The van der Waals surface area contributed by atoms with E-state index in [0.29, 0.717) is 11.3 Å². The van der Waals surface area contributed by atoms with Crippen LogP contribution in [0.25, 0.3) is 16.8 Å². The summed E-state index contributed by atoms with van der Waals surface area (Å²) in [6.07, 6.45) is 1.58. The average molecular weight is 494 g/mol. The lowest BCUT2D eigenvalue weighted by atomic mass is 10.0. The van der Waals surface area contributed by atoms with Gasteiger partial charge in [-0.15, -0.1) is 0 Å². The SMILES string of the molecule is O=C(O)CNC(=O)c1ccc(NC(=O)/C(=C\c2ccccc2)NC(=O)c2cccc3ccccc23)cc1. The minimum Gasteiger partial charge on any atom is -0.480 e. The van der Waals surface area contributed by atoms with E-state index in [1.807, 2.05) is 60.7 Å². The van der Waals surface area contributed by atoms with E-state index in [9.17, 15) is 19.2 Å². The molecule has 8 nitrogen and oxygen atoms in total. The molecule has 4 rings (SSSR count).